The van der Waals surface area contributed by atoms with Crippen molar-refractivity contribution in [3.8, 4) is 0 Å². The van der Waals surface area contributed by atoms with E-state index >= 15 is 0 Å². The summed E-state index contributed by atoms with van der Waals surface area (Å²) in [5.41, 5.74) is 0.303. The van der Waals surface area contributed by atoms with E-state index in [0.717, 1.165) is 38.2 Å². The summed E-state index contributed by atoms with van der Waals surface area (Å²) in [5.74, 6) is 0.254. The van der Waals surface area contributed by atoms with Crippen molar-refractivity contribution in [1.29, 1.82) is 0 Å². The van der Waals surface area contributed by atoms with Crippen molar-refractivity contribution in [3.05, 3.63) is 17.8 Å². The van der Waals surface area contributed by atoms with Crippen molar-refractivity contribution < 1.29 is 14.7 Å². The van der Waals surface area contributed by atoms with Crippen LogP contribution in [0.5, 0.6) is 0 Å². The van der Waals surface area contributed by atoms with Gasteiger partial charge in [-0.05, 0) is 37.3 Å². The predicted octanol–water partition coefficient (Wildman–Crippen LogP) is 0.917. The lowest BCUT2D eigenvalue weighted by Gasteiger charge is -2.32. The standard InChI is InChI=1S/C14H20N4O3/c1-15-14(21)11-3-4-12(17-16-11)18-8-6-10(7-9-18)2-5-13(19)20/h3-4,10H,2,5-9H2,1H3,(H,15,21)(H,19,20). The molecule has 1 saturated heterocycles. The highest BCUT2D eigenvalue weighted by atomic mass is 16.4. The van der Waals surface area contributed by atoms with E-state index in [4.69, 9.17) is 5.11 Å². The Bertz CT molecular complexity index is 495. The molecule has 21 heavy (non-hydrogen) atoms. The molecular formula is C14H20N4O3. The number of hydrogen-bond donors (Lipinski definition) is 2. The number of carboxylic acids is 1. The molecule has 0 radical (unpaired) electrons. The summed E-state index contributed by atoms with van der Waals surface area (Å²) in [4.78, 5) is 24.1. The minimum absolute atomic E-state index is 0.241. The third kappa shape index (κ3) is 4.14. The first-order chi connectivity index (χ1) is 10.1. The summed E-state index contributed by atoms with van der Waals surface area (Å²) in [6.07, 6.45) is 2.91. The quantitative estimate of drug-likeness (QED) is 0.838. The van der Waals surface area contributed by atoms with Crippen molar-refractivity contribution in [2.24, 2.45) is 5.92 Å². The fourth-order valence-electron chi connectivity index (χ4n) is 2.52. The molecule has 0 unspecified atom stereocenters. The van der Waals surface area contributed by atoms with Crippen LogP contribution in [0.1, 0.15) is 36.2 Å². The molecule has 0 aliphatic carbocycles. The molecule has 114 valence electrons. The average Bonchev–Trinajstić information content (AvgIpc) is 2.53. The van der Waals surface area contributed by atoms with E-state index in [2.05, 4.69) is 20.4 Å². The van der Waals surface area contributed by atoms with Crippen molar-refractivity contribution in [2.45, 2.75) is 25.7 Å². The summed E-state index contributed by atoms with van der Waals surface area (Å²) >= 11 is 0. The maximum Gasteiger partial charge on any atom is 0.303 e. The van der Waals surface area contributed by atoms with Gasteiger partial charge in [-0.3, -0.25) is 9.59 Å². The summed E-state index contributed by atoms with van der Waals surface area (Å²) in [6, 6.07) is 3.47. The minimum Gasteiger partial charge on any atom is -0.481 e. The molecule has 0 atom stereocenters. The Labute approximate surface area is 123 Å². The van der Waals surface area contributed by atoms with E-state index in [0.29, 0.717) is 11.6 Å². The first kappa shape index (κ1) is 15.2. The van der Waals surface area contributed by atoms with Crippen molar-refractivity contribution >= 4 is 17.7 Å². The molecule has 1 aliphatic rings. The molecule has 0 saturated carbocycles. The van der Waals surface area contributed by atoms with Crippen LogP contribution in [0.25, 0.3) is 0 Å². The summed E-state index contributed by atoms with van der Waals surface area (Å²) in [7, 11) is 1.56. The number of carbonyl (C=O) groups is 2. The van der Waals surface area contributed by atoms with Crippen LogP contribution >= 0.6 is 0 Å². The highest BCUT2D eigenvalue weighted by Crippen LogP contribution is 2.24. The van der Waals surface area contributed by atoms with Crippen LogP contribution < -0.4 is 10.2 Å². The number of nitrogens with zero attached hydrogens (tertiary/aromatic N) is 3. The molecule has 1 aromatic rings. The highest BCUT2D eigenvalue weighted by molar-refractivity contribution is 5.91. The lowest BCUT2D eigenvalue weighted by atomic mass is 9.92. The van der Waals surface area contributed by atoms with Crippen LogP contribution in [0, 0.1) is 5.92 Å². The zero-order valence-electron chi connectivity index (χ0n) is 12.1. The molecule has 7 heteroatoms. The Morgan fingerprint density at radius 1 is 1.33 bits per heavy atom. The minimum atomic E-state index is -0.729. The van der Waals surface area contributed by atoms with E-state index < -0.39 is 5.97 Å². The van der Waals surface area contributed by atoms with E-state index in [1.165, 1.54) is 0 Å². The number of carbonyl (C=O) groups excluding carboxylic acids is 1. The van der Waals surface area contributed by atoms with Crippen LogP contribution in [0.15, 0.2) is 12.1 Å². The van der Waals surface area contributed by atoms with Crippen LogP contribution in [0.4, 0.5) is 5.82 Å². The third-order valence-electron chi connectivity index (χ3n) is 3.82. The van der Waals surface area contributed by atoms with E-state index in [9.17, 15) is 9.59 Å². The van der Waals surface area contributed by atoms with Gasteiger partial charge >= 0.3 is 5.97 Å². The Morgan fingerprint density at radius 2 is 2.05 bits per heavy atom. The van der Waals surface area contributed by atoms with Gasteiger partial charge in [0.15, 0.2) is 11.5 Å². The van der Waals surface area contributed by atoms with Gasteiger partial charge in [0.1, 0.15) is 0 Å². The number of piperidine rings is 1. The van der Waals surface area contributed by atoms with Gasteiger partial charge in [0.05, 0.1) is 0 Å². The highest BCUT2D eigenvalue weighted by Gasteiger charge is 2.21. The van der Waals surface area contributed by atoms with E-state index in [-0.39, 0.29) is 12.3 Å². The van der Waals surface area contributed by atoms with Gasteiger partial charge in [-0.2, -0.15) is 0 Å². The second-order valence-electron chi connectivity index (χ2n) is 5.22. The van der Waals surface area contributed by atoms with Gasteiger partial charge in [-0.1, -0.05) is 0 Å². The molecule has 1 amide bonds. The Balaban J connectivity index is 1.87. The Kier molecular flexibility index (Phi) is 5.08. The van der Waals surface area contributed by atoms with Crippen molar-refractivity contribution in [2.75, 3.05) is 25.0 Å². The lowest BCUT2D eigenvalue weighted by Crippen LogP contribution is -2.34. The average molecular weight is 292 g/mol. The lowest BCUT2D eigenvalue weighted by molar-refractivity contribution is -0.137. The van der Waals surface area contributed by atoms with Crippen LogP contribution in [0.3, 0.4) is 0 Å². The maximum absolute atomic E-state index is 11.4. The van der Waals surface area contributed by atoms with Crippen molar-refractivity contribution in [3.63, 3.8) is 0 Å². The topological polar surface area (TPSA) is 95.4 Å². The monoisotopic (exact) mass is 292 g/mol. The van der Waals surface area contributed by atoms with Gasteiger partial charge in [0.25, 0.3) is 5.91 Å². The molecule has 0 spiro atoms. The molecule has 2 heterocycles. The molecule has 1 aromatic heterocycles. The number of hydrogen-bond acceptors (Lipinski definition) is 5. The van der Waals surface area contributed by atoms with Crippen molar-refractivity contribution in [1.82, 2.24) is 15.5 Å². The fourth-order valence-corrected chi connectivity index (χ4v) is 2.52. The molecule has 2 N–H and O–H groups in total. The smallest absolute Gasteiger partial charge is 0.303 e. The molecule has 1 aliphatic heterocycles. The zero-order valence-corrected chi connectivity index (χ0v) is 12.1. The molecule has 0 aromatic carbocycles. The van der Waals surface area contributed by atoms with Gasteiger partial charge in [-0.15, -0.1) is 10.2 Å². The van der Waals surface area contributed by atoms with E-state index in [1.54, 1.807) is 19.2 Å². The van der Waals surface area contributed by atoms with Gasteiger partial charge in [0.2, 0.25) is 0 Å². The van der Waals surface area contributed by atoms with Crippen LogP contribution in [-0.2, 0) is 4.79 Å². The number of nitrogens with one attached hydrogen (secondary N) is 1. The molecule has 1 fully saturated rings. The van der Waals surface area contributed by atoms with Crippen LogP contribution in [-0.4, -0.2) is 47.3 Å². The van der Waals surface area contributed by atoms with Gasteiger partial charge in [-0.25, -0.2) is 0 Å². The third-order valence-corrected chi connectivity index (χ3v) is 3.82. The molecule has 2 rings (SSSR count). The number of aliphatic carboxylic acids is 1. The second kappa shape index (κ2) is 7.01. The molecular weight excluding hydrogens is 272 g/mol. The number of amides is 1. The molecule has 7 nitrogen and oxygen atoms in total. The largest absolute Gasteiger partial charge is 0.481 e. The van der Waals surface area contributed by atoms with E-state index in [1.807, 2.05) is 0 Å². The zero-order chi connectivity index (χ0) is 15.2. The number of rotatable bonds is 5. The Hall–Kier alpha value is -2.18. The number of aromatic nitrogens is 2. The summed E-state index contributed by atoms with van der Waals surface area (Å²) in [6.45, 7) is 1.69. The number of anilines is 1. The normalized spacial score (nSPS) is 15.8. The first-order valence-electron chi connectivity index (χ1n) is 7.12. The SMILES string of the molecule is CNC(=O)c1ccc(N2CCC(CCC(=O)O)CC2)nn1. The summed E-state index contributed by atoms with van der Waals surface area (Å²) in [5, 5.41) is 19.2. The second-order valence-corrected chi connectivity index (χ2v) is 5.22. The van der Waals surface area contributed by atoms with Gasteiger partial charge < -0.3 is 15.3 Å². The fraction of sp³-hybridized carbons (Fsp3) is 0.571. The number of carboxylic acid groups (broad SMARTS) is 1. The first-order valence-corrected chi connectivity index (χ1v) is 7.12. The molecule has 0 bridgehead atoms. The summed E-state index contributed by atoms with van der Waals surface area (Å²) < 4.78 is 0. The van der Waals surface area contributed by atoms with Crippen LogP contribution in [0.2, 0.25) is 0 Å². The van der Waals surface area contributed by atoms with Gasteiger partial charge in [0, 0.05) is 26.6 Å². The maximum atomic E-state index is 11.4. The predicted molar refractivity (Wildman–Crippen MR) is 77.2 cm³/mol. The Morgan fingerprint density at radius 3 is 2.57 bits per heavy atom.